The van der Waals surface area contributed by atoms with Gasteiger partial charge in [-0.25, -0.2) is 18.4 Å². The molecule has 0 radical (unpaired) electrons. The van der Waals surface area contributed by atoms with Gasteiger partial charge >= 0.3 is 0 Å². The highest BCUT2D eigenvalue weighted by molar-refractivity contribution is 7.92. The number of aromatic nitrogens is 2. The Bertz CT molecular complexity index is 839. The second-order valence-electron chi connectivity index (χ2n) is 6.76. The maximum absolute atomic E-state index is 12.7. The second kappa shape index (κ2) is 6.39. The number of benzene rings is 1. The first-order valence-corrected chi connectivity index (χ1v) is 9.03. The van der Waals surface area contributed by atoms with Crippen molar-refractivity contribution in [3.8, 4) is 5.75 Å². The highest BCUT2D eigenvalue weighted by Gasteiger charge is 2.23. The standard InChI is InChI=1S/C17H23N3O3S/c1-11-7-12(2)15(23-6)14(8-11)24(21,22)20-13-9-18-16(19-10-13)17(3,4)5/h7-10,20H,1-6H3. The van der Waals surface area contributed by atoms with Crippen LogP contribution >= 0.6 is 0 Å². The first kappa shape index (κ1) is 18.2. The molecular weight excluding hydrogens is 326 g/mol. The van der Waals surface area contributed by atoms with E-state index in [0.29, 0.717) is 17.3 Å². The van der Waals surface area contributed by atoms with Gasteiger partial charge in [-0.2, -0.15) is 0 Å². The third kappa shape index (κ3) is 3.84. The van der Waals surface area contributed by atoms with Gasteiger partial charge < -0.3 is 4.74 Å². The zero-order valence-electron chi connectivity index (χ0n) is 14.8. The number of rotatable bonds is 4. The number of aryl methyl sites for hydroxylation is 2. The molecule has 0 amide bonds. The zero-order chi connectivity index (χ0) is 18.1. The van der Waals surface area contributed by atoms with Crippen LogP contribution in [0.5, 0.6) is 5.75 Å². The summed E-state index contributed by atoms with van der Waals surface area (Å²) in [4.78, 5) is 8.57. The molecule has 0 atom stereocenters. The number of hydrogen-bond donors (Lipinski definition) is 1. The van der Waals surface area contributed by atoms with Crippen LogP contribution in [-0.2, 0) is 15.4 Å². The lowest BCUT2D eigenvalue weighted by Gasteiger charge is -2.17. The third-order valence-electron chi connectivity index (χ3n) is 3.45. The third-order valence-corrected chi connectivity index (χ3v) is 4.84. The average Bonchev–Trinajstić information content (AvgIpc) is 2.45. The summed E-state index contributed by atoms with van der Waals surface area (Å²) in [6.45, 7) is 9.63. The number of nitrogens with one attached hydrogen (secondary N) is 1. The molecule has 1 aromatic carbocycles. The smallest absolute Gasteiger partial charge is 0.265 e. The quantitative estimate of drug-likeness (QED) is 0.917. The summed E-state index contributed by atoms with van der Waals surface area (Å²) >= 11 is 0. The van der Waals surface area contributed by atoms with Gasteiger partial charge in [0.15, 0.2) is 0 Å². The molecule has 0 saturated heterocycles. The normalized spacial score (nSPS) is 12.1. The van der Waals surface area contributed by atoms with Crippen LogP contribution in [0.15, 0.2) is 29.4 Å². The van der Waals surface area contributed by atoms with Crippen molar-refractivity contribution < 1.29 is 13.2 Å². The molecule has 1 aromatic heterocycles. The molecule has 0 unspecified atom stereocenters. The molecule has 6 nitrogen and oxygen atoms in total. The predicted molar refractivity (Wildman–Crippen MR) is 94.0 cm³/mol. The molecule has 0 spiro atoms. The molecule has 0 aliphatic rings. The predicted octanol–water partition coefficient (Wildman–Crippen LogP) is 3.20. The summed E-state index contributed by atoms with van der Waals surface area (Å²) in [5.74, 6) is 0.981. The summed E-state index contributed by atoms with van der Waals surface area (Å²) in [6.07, 6.45) is 2.94. The van der Waals surface area contributed by atoms with Crippen molar-refractivity contribution in [1.82, 2.24) is 9.97 Å². The van der Waals surface area contributed by atoms with Crippen molar-refractivity contribution in [2.24, 2.45) is 0 Å². The van der Waals surface area contributed by atoms with E-state index in [1.807, 2.05) is 40.7 Å². The second-order valence-corrected chi connectivity index (χ2v) is 8.41. The number of nitrogens with zero attached hydrogens (tertiary/aromatic N) is 2. The molecule has 2 rings (SSSR count). The van der Waals surface area contributed by atoms with Gasteiger partial charge in [0.1, 0.15) is 16.5 Å². The van der Waals surface area contributed by atoms with Crippen LogP contribution < -0.4 is 9.46 Å². The molecule has 0 fully saturated rings. The number of sulfonamides is 1. The first-order chi connectivity index (χ1) is 11.0. The van der Waals surface area contributed by atoms with E-state index in [9.17, 15) is 8.42 Å². The molecule has 0 aliphatic heterocycles. The largest absolute Gasteiger partial charge is 0.495 e. The van der Waals surface area contributed by atoms with Gasteiger partial charge in [0.05, 0.1) is 25.2 Å². The summed E-state index contributed by atoms with van der Waals surface area (Å²) < 4.78 is 33.2. The SMILES string of the molecule is COc1c(C)cc(C)cc1S(=O)(=O)Nc1cnc(C(C)(C)C)nc1. The lowest BCUT2D eigenvalue weighted by Crippen LogP contribution is -2.18. The summed E-state index contributed by atoms with van der Waals surface area (Å²) in [5.41, 5.74) is 1.71. The fourth-order valence-corrected chi connectivity index (χ4v) is 3.71. The van der Waals surface area contributed by atoms with Gasteiger partial charge in [-0.1, -0.05) is 26.8 Å². The highest BCUT2D eigenvalue weighted by Crippen LogP contribution is 2.30. The van der Waals surface area contributed by atoms with Crippen molar-refractivity contribution >= 4 is 15.7 Å². The van der Waals surface area contributed by atoms with Crippen molar-refractivity contribution in [3.05, 3.63) is 41.5 Å². The molecule has 0 bridgehead atoms. The molecule has 24 heavy (non-hydrogen) atoms. The fraction of sp³-hybridized carbons (Fsp3) is 0.412. The minimum Gasteiger partial charge on any atom is -0.495 e. The number of hydrogen-bond acceptors (Lipinski definition) is 5. The number of methoxy groups -OCH3 is 1. The van der Waals surface area contributed by atoms with E-state index in [0.717, 1.165) is 11.1 Å². The van der Waals surface area contributed by atoms with E-state index in [1.165, 1.54) is 19.5 Å². The van der Waals surface area contributed by atoms with Gasteiger partial charge in [0.2, 0.25) is 0 Å². The highest BCUT2D eigenvalue weighted by atomic mass is 32.2. The minimum absolute atomic E-state index is 0.0994. The lowest BCUT2D eigenvalue weighted by atomic mass is 9.96. The first-order valence-electron chi connectivity index (χ1n) is 7.55. The van der Waals surface area contributed by atoms with Crippen LogP contribution in [0.1, 0.15) is 37.7 Å². The number of anilines is 1. The van der Waals surface area contributed by atoms with E-state index < -0.39 is 10.0 Å². The molecular formula is C17H23N3O3S. The van der Waals surface area contributed by atoms with E-state index >= 15 is 0 Å². The average molecular weight is 349 g/mol. The monoisotopic (exact) mass is 349 g/mol. The van der Waals surface area contributed by atoms with E-state index in [-0.39, 0.29) is 10.3 Å². The Morgan fingerprint density at radius 1 is 1.08 bits per heavy atom. The van der Waals surface area contributed by atoms with E-state index in [1.54, 1.807) is 6.07 Å². The van der Waals surface area contributed by atoms with Gasteiger partial charge in [0.25, 0.3) is 10.0 Å². The molecule has 1 N–H and O–H groups in total. The Kier molecular flexibility index (Phi) is 4.85. The van der Waals surface area contributed by atoms with Gasteiger partial charge in [-0.05, 0) is 31.0 Å². The van der Waals surface area contributed by atoms with Gasteiger partial charge in [-0.15, -0.1) is 0 Å². The Hall–Kier alpha value is -2.15. The molecule has 130 valence electrons. The van der Waals surface area contributed by atoms with E-state index in [2.05, 4.69) is 14.7 Å². The maximum atomic E-state index is 12.7. The van der Waals surface area contributed by atoms with Gasteiger partial charge in [0, 0.05) is 5.41 Å². The Balaban J connectivity index is 2.39. The molecule has 2 aromatic rings. The zero-order valence-corrected chi connectivity index (χ0v) is 15.7. The van der Waals surface area contributed by atoms with Crippen molar-refractivity contribution in [2.75, 3.05) is 11.8 Å². The van der Waals surface area contributed by atoms with Crippen molar-refractivity contribution in [2.45, 2.75) is 44.9 Å². The summed E-state index contributed by atoms with van der Waals surface area (Å²) in [5, 5.41) is 0. The summed E-state index contributed by atoms with van der Waals surface area (Å²) in [6, 6.07) is 3.46. The Labute approximate surface area is 143 Å². The van der Waals surface area contributed by atoms with Crippen LogP contribution in [0.3, 0.4) is 0 Å². The number of ether oxygens (including phenoxy) is 1. The van der Waals surface area contributed by atoms with Crippen LogP contribution in [0, 0.1) is 13.8 Å². The van der Waals surface area contributed by atoms with Crippen LogP contribution in [-0.4, -0.2) is 25.5 Å². The molecule has 7 heteroatoms. The van der Waals surface area contributed by atoms with Crippen LogP contribution in [0.2, 0.25) is 0 Å². The molecule has 1 heterocycles. The van der Waals surface area contributed by atoms with Gasteiger partial charge in [-0.3, -0.25) is 4.72 Å². The summed E-state index contributed by atoms with van der Waals surface area (Å²) in [7, 11) is -2.35. The van der Waals surface area contributed by atoms with Crippen molar-refractivity contribution in [1.29, 1.82) is 0 Å². The lowest BCUT2D eigenvalue weighted by molar-refractivity contribution is 0.399. The molecule has 0 aliphatic carbocycles. The van der Waals surface area contributed by atoms with Crippen LogP contribution in [0.25, 0.3) is 0 Å². The Morgan fingerprint density at radius 3 is 2.17 bits per heavy atom. The Morgan fingerprint density at radius 2 is 1.67 bits per heavy atom. The van der Waals surface area contributed by atoms with E-state index in [4.69, 9.17) is 4.74 Å². The minimum atomic E-state index is -3.80. The van der Waals surface area contributed by atoms with Crippen molar-refractivity contribution in [3.63, 3.8) is 0 Å². The topological polar surface area (TPSA) is 81.2 Å². The molecule has 0 saturated carbocycles. The maximum Gasteiger partial charge on any atom is 0.265 e. The van der Waals surface area contributed by atoms with Crippen LogP contribution in [0.4, 0.5) is 5.69 Å². The fourth-order valence-electron chi connectivity index (χ4n) is 2.35.